The van der Waals surface area contributed by atoms with E-state index in [0.29, 0.717) is 6.10 Å². The van der Waals surface area contributed by atoms with Crippen LogP contribution in [0.2, 0.25) is 0 Å². The molecule has 10 heavy (non-hydrogen) atoms. The van der Waals surface area contributed by atoms with Crippen LogP contribution in [0.1, 0.15) is 12.8 Å². The van der Waals surface area contributed by atoms with E-state index in [9.17, 15) is 0 Å². The van der Waals surface area contributed by atoms with Gasteiger partial charge in [0.25, 0.3) is 0 Å². The molecule has 2 saturated heterocycles. The zero-order valence-electron chi connectivity index (χ0n) is 6.12. The lowest BCUT2D eigenvalue weighted by Gasteiger charge is -2.27. The Bertz CT molecular complexity index is 117. The van der Waals surface area contributed by atoms with Crippen LogP contribution in [0, 0.1) is 5.92 Å². The van der Waals surface area contributed by atoms with E-state index in [1.807, 2.05) is 0 Å². The maximum Gasteiger partial charge on any atom is 0.0917 e. The van der Waals surface area contributed by atoms with Crippen molar-refractivity contribution < 1.29 is 4.84 Å². The fourth-order valence-electron chi connectivity index (χ4n) is 2.10. The molecule has 2 heterocycles. The third kappa shape index (κ3) is 1.05. The lowest BCUT2D eigenvalue weighted by Crippen LogP contribution is -2.39. The van der Waals surface area contributed by atoms with Crippen LogP contribution < -0.4 is 5.90 Å². The van der Waals surface area contributed by atoms with Crippen molar-refractivity contribution in [1.82, 2.24) is 4.90 Å². The van der Waals surface area contributed by atoms with Crippen LogP contribution in [-0.4, -0.2) is 30.6 Å². The molecule has 0 aromatic carbocycles. The summed E-state index contributed by atoms with van der Waals surface area (Å²) in [4.78, 5) is 7.27. The number of hydrogen-bond donors (Lipinski definition) is 1. The third-order valence-corrected chi connectivity index (χ3v) is 2.62. The van der Waals surface area contributed by atoms with Crippen molar-refractivity contribution in [1.29, 1.82) is 0 Å². The minimum atomic E-state index is 0.307. The van der Waals surface area contributed by atoms with Crippen molar-refractivity contribution in [3.05, 3.63) is 0 Å². The van der Waals surface area contributed by atoms with Crippen molar-refractivity contribution in [2.45, 2.75) is 18.9 Å². The summed E-state index contributed by atoms with van der Waals surface area (Å²) in [5.74, 6) is 5.99. The summed E-state index contributed by atoms with van der Waals surface area (Å²) in [5.41, 5.74) is 0. The maximum atomic E-state index is 5.13. The summed E-state index contributed by atoms with van der Waals surface area (Å²) in [6.45, 7) is 3.58. The summed E-state index contributed by atoms with van der Waals surface area (Å²) in [6, 6.07) is 0. The van der Waals surface area contributed by atoms with Gasteiger partial charge in [0.15, 0.2) is 0 Å². The Hall–Kier alpha value is -0.120. The van der Waals surface area contributed by atoms with Gasteiger partial charge in [0.2, 0.25) is 0 Å². The predicted octanol–water partition coefficient (Wildman–Crippen LogP) is -0.0291. The molecule has 0 amide bonds. The summed E-state index contributed by atoms with van der Waals surface area (Å²) in [6.07, 6.45) is 2.83. The van der Waals surface area contributed by atoms with Crippen LogP contribution >= 0.6 is 0 Å². The highest BCUT2D eigenvalue weighted by atomic mass is 16.6. The average Bonchev–Trinajstić information content (AvgIpc) is 2.30. The number of nitrogens with two attached hydrogens (primary N) is 1. The Labute approximate surface area is 61.1 Å². The summed E-state index contributed by atoms with van der Waals surface area (Å²) in [5, 5.41) is 0. The smallest absolute Gasteiger partial charge is 0.0917 e. The molecule has 1 unspecified atom stereocenters. The minimum Gasteiger partial charge on any atom is -0.300 e. The first kappa shape index (κ1) is 6.58. The molecule has 3 atom stereocenters. The Morgan fingerprint density at radius 2 is 2.30 bits per heavy atom. The lowest BCUT2D eigenvalue weighted by atomic mass is 9.99. The molecule has 0 saturated carbocycles. The van der Waals surface area contributed by atoms with Crippen LogP contribution in [0.5, 0.6) is 0 Å². The summed E-state index contributed by atoms with van der Waals surface area (Å²) in [7, 11) is 0. The molecular formula is C7H14N2O. The van der Waals surface area contributed by atoms with E-state index < -0.39 is 0 Å². The number of nitrogens with zero attached hydrogens (tertiary/aromatic N) is 1. The third-order valence-electron chi connectivity index (χ3n) is 2.62. The molecule has 0 spiro atoms. The highest BCUT2D eigenvalue weighted by Crippen LogP contribution is 2.27. The second-order valence-electron chi connectivity index (χ2n) is 3.41. The van der Waals surface area contributed by atoms with Crippen LogP contribution in [0.4, 0.5) is 0 Å². The second-order valence-corrected chi connectivity index (χ2v) is 3.41. The quantitative estimate of drug-likeness (QED) is 0.522. The fraction of sp³-hybridized carbons (Fsp3) is 1.00. The minimum absolute atomic E-state index is 0.307. The number of fused-ring (bicyclic) bond motifs is 2. The van der Waals surface area contributed by atoms with Crippen LogP contribution in [0.25, 0.3) is 0 Å². The van der Waals surface area contributed by atoms with E-state index in [-0.39, 0.29) is 0 Å². The molecule has 58 valence electrons. The SMILES string of the molecule is NO[C@H]1C[C@H]2CCN(C2)C1. The van der Waals surface area contributed by atoms with Crippen LogP contribution in [0.3, 0.4) is 0 Å². The lowest BCUT2D eigenvalue weighted by molar-refractivity contribution is 0.00126. The first-order chi connectivity index (χ1) is 4.88. The molecule has 2 bridgehead atoms. The van der Waals surface area contributed by atoms with Crippen LogP contribution in [-0.2, 0) is 4.84 Å². The van der Waals surface area contributed by atoms with Gasteiger partial charge >= 0.3 is 0 Å². The monoisotopic (exact) mass is 142 g/mol. The average molecular weight is 142 g/mol. The van der Waals surface area contributed by atoms with Gasteiger partial charge in [-0.15, -0.1) is 0 Å². The van der Waals surface area contributed by atoms with Gasteiger partial charge in [0.1, 0.15) is 0 Å². The summed E-state index contributed by atoms with van der Waals surface area (Å²) >= 11 is 0. The molecule has 0 aromatic heterocycles. The largest absolute Gasteiger partial charge is 0.300 e. The molecule has 3 heteroatoms. The molecule has 2 aliphatic heterocycles. The van der Waals surface area contributed by atoms with Crippen molar-refractivity contribution in [3.63, 3.8) is 0 Å². The van der Waals surface area contributed by atoms with Gasteiger partial charge in [-0.05, 0) is 25.3 Å². The standard InChI is InChI=1S/C7H14N2O/c8-10-7-3-6-1-2-9(4-6)5-7/h6-7H,1-5,8H2/t6-,7+/m1/s1. The molecule has 2 N–H and O–H groups in total. The van der Waals surface area contributed by atoms with Crippen LogP contribution in [0.15, 0.2) is 0 Å². The highest BCUT2D eigenvalue weighted by molar-refractivity contribution is 4.85. The molecule has 2 rings (SSSR count). The van der Waals surface area contributed by atoms with Gasteiger partial charge in [-0.1, -0.05) is 0 Å². The number of rotatable bonds is 1. The van der Waals surface area contributed by atoms with E-state index in [0.717, 1.165) is 12.5 Å². The fourth-order valence-corrected chi connectivity index (χ4v) is 2.10. The van der Waals surface area contributed by atoms with Gasteiger partial charge in [0.05, 0.1) is 6.10 Å². The van der Waals surface area contributed by atoms with Gasteiger partial charge in [-0.25, -0.2) is 5.90 Å². The maximum absolute atomic E-state index is 5.13. The van der Waals surface area contributed by atoms with E-state index in [2.05, 4.69) is 4.90 Å². The van der Waals surface area contributed by atoms with E-state index in [1.165, 1.54) is 25.9 Å². The Kier molecular flexibility index (Phi) is 1.64. The molecule has 0 aromatic rings. The van der Waals surface area contributed by atoms with Gasteiger partial charge in [-0.2, -0.15) is 0 Å². The van der Waals surface area contributed by atoms with E-state index >= 15 is 0 Å². The normalized spacial score (nSPS) is 45.9. The molecule has 0 radical (unpaired) electrons. The highest BCUT2D eigenvalue weighted by Gasteiger charge is 2.32. The zero-order chi connectivity index (χ0) is 6.97. The molecule has 2 fully saturated rings. The molecule has 2 aliphatic rings. The van der Waals surface area contributed by atoms with E-state index in [1.54, 1.807) is 0 Å². The van der Waals surface area contributed by atoms with Crippen molar-refractivity contribution >= 4 is 0 Å². The number of hydrogen-bond acceptors (Lipinski definition) is 3. The van der Waals surface area contributed by atoms with Gasteiger partial charge < -0.3 is 4.90 Å². The zero-order valence-corrected chi connectivity index (χ0v) is 6.12. The first-order valence-electron chi connectivity index (χ1n) is 3.96. The second kappa shape index (κ2) is 2.49. The first-order valence-corrected chi connectivity index (χ1v) is 3.96. The Morgan fingerprint density at radius 1 is 1.40 bits per heavy atom. The van der Waals surface area contributed by atoms with Gasteiger partial charge in [-0.3, -0.25) is 4.84 Å². The van der Waals surface area contributed by atoms with Crippen molar-refractivity contribution in [2.24, 2.45) is 11.8 Å². The van der Waals surface area contributed by atoms with E-state index in [4.69, 9.17) is 10.7 Å². The van der Waals surface area contributed by atoms with Crippen molar-refractivity contribution in [2.75, 3.05) is 19.6 Å². The molecule has 3 nitrogen and oxygen atoms in total. The number of piperidine rings is 1. The predicted molar refractivity (Wildman–Crippen MR) is 38.2 cm³/mol. The molecular weight excluding hydrogens is 128 g/mol. The molecule has 0 aliphatic carbocycles. The van der Waals surface area contributed by atoms with Crippen molar-refractivity contribution in [3.8, 4) is 0 Å². The van der Waals surface area contributed by atoms with Gasteiger partial charge in [0, 0.05) is 13.1 Å². The summed E-state index contributed by atoms with van der Waals surface area (Å²) < 4.78 is 0. The topological polar surface area (TPSA) is 38.5 Å². The Morgan fingerprint density at radius 3 is 3.00 bits per heavy atom. The Balaban J connectivity index is 1.96.